The summed E-state index contributed by atoms with van der Waals surface area (Å²) < 4.78 is 0. The van der Waals surface area contributed by atoms with E-state index in [9.17, 15) is 4.79 Å². The van der Waals surface area contributed by atoms with Crippen molar-refractivity contribution in [2.75, 3.05) is 0 Å². The average Bonchev–Trinajstić information content (AvgIpc) is 2.76. The fourth-order valence-electron chi connectivity index (χ4n) is 1.76. The molecule has 100 valence electrons. The highest BCUT2D eigenvalue weighted by molar-refractivity contribution is 6.23. The zero-order valence-corrected chi connectivity index (χ0v) is 10.6. The SMILES string of the molecule is N=C1NC(=N)c2ccccc21.O=C(O)c1ccccc1. The number of rotatable bonds is 1. The standard InChI is InChI=1S/C8H7N3.C7H6O2/c9-7-5-3-1-2-4-6(5)8(10)11-7;8-7(9)6-4-2-1-3-5-6/h1-4H,(H3,9,10,11);1-5H,(H,8,9). The van der Waals surface area contributed by atoms with Crippen LogP contribution in [-0.2, 0) is 0 Å². The van der Waals surface area contributed by atoms with E-state index in [1.807, 2.05) is 24.3 Å². The van der Waals surface area contributed by atoms with Crippen molar-refractivity contribution in [3.05, 3.63) is 71.3 Å². The highest BCUT2D eigenvalue weighted by Gasteiger charge is 2.18. The number of hydrogen-bond acceptors (Lipinski definition) is 3. The Labute approximate surface area is 115 Å². The van der Waals surface area contributed by atoms with Crippen molar-refractivity contribution in [1.29, 1.82) is 10.8 Å². The summed E-state index contributed by atoms with van der Waals surface area (Å²) in [6.45, 7) is 0. The fourth-order valence-corrected chi connectivity index (χ4v) is 1.76. The van der Waals surface area contributed by atoms with Gasteiger partial charge in [0.15, 0.2) is 0 Å². The van der Waals surface area contributed by atoms with E-state index in [0.717, 1.165) is 11.1 Å². The first kappa shape index (κ1) is 13.5. The van der Waals surface area contributed by atoms with Crippen LogP contribution in [0.25, 0.3) is 0 Å². The summed E-state index contributed by atoms with van der Waals surface area (Å²) in [5.41, 5.74) is 1.97. The van der Waals surface area contributed by atoms with Crippen LogP contribution in [0.5, 0.6) is 0 Å². The Balaban J connectivity index is 0.000000151. The first-order valence-corrected chi connectivity index (χ1v) is 5.92. The summed E-state index contributed by atoms with van der Waals surface area (Å²) in [4.78, 5) is 10.2. The molecule has 0 saturated carbocycles. The highest BCUT2D eigenvalue weighted by Crippen LogP contribution is 2.13. The largest absolute Gasteiger partial charge is 0.478 e. The fraction of sp³-hybridized carbons (Fsp3) is 0. The normalized spacial score (nSPS) is 12.0. The third-order valence-corrected chi connectivity index (χ3v) is 2.74. The number of benzene rings is 2. The molecule has 0 fully saturated rings. The molecule has 4 N–H and O–H groups in total. The molecule has 20 heavy (non-hydrogen) atoms. The molecular weight excluding hydrogens is 254 g/mol. The number of fused-ring (bicyclic) bond motifs is 1. The molecule has 3 rings (SSSR count). The van der Waals surface area contributed by atoms with Gasteiger partial charge in [-0.1, -0.05) is 42.5 Å². The van der Waals surface area contributed by atoms with E-state index in [4.69, 9.17) is 15.9 Å². The third-order valence-electron chi connectivity index (χ3n) is 2.74. The molecule has 5 heteroatoms. The van der Waals surface area contributed by atoms with Crippen LogP contribution in [-0.4, -0.2) is 22.7 Å². The van der Waals surface area contributed by atoms with Gasteiger partial charge in [0.05, 0.1) is 5.56 Å². The quantitative estimate of drug-likeness (QED) is 0.638. The molecule has 0 amide bonds. The number of nitrogens with one attached hydrogen (secondary N) is 3. The molecule has 0 aromatic heterocycles. The summed E-state index contributed by atoms with van der Waals surface area (Å²) in [6, 6.07) is 15.7. The van der Waals surface area contributed by atoms with Crippen molar-refractivity contribution in [1.82, 2.24) is 5.32 Å². The van der Waals surface area contributed by atoms with E-state index in [1.54, 1.807) is 30.3 Å². The number of amidine groups is 2. The summed E-state index contributed by atoms with van der Waals surface area (Å²) in [7, 11) is 0. The molecule has 0 radical (unpaired) electrons. The van der Waals surface area contributed by atoms with Gasteiger partial charge in [-0.2, -0.15) is 0 Å². The Morgan fingerprint density at radius 1 is 0.850 bits per heavy atom. The predicted octanol–water partition coefficient (Wildman–Crippen LogP) is 2.33. The molecular formula is C15H13N3O2. The molecule has 5 nitrogen and oxygen atoms in total. The molecule has 0 spiro atoms. The second-order valence-corrected chi connectivity index (χ2v) is 4.09. The van der Waals surface area contributed by atoms with Crippen molar-refractivity contribution in [2.45, 2.75) is 0 Å². The molecule has 1 heterocycles. The molecule has 1 aliphatic heterocycles. The zero-order chi connectivity index (χ0) is 14.5. The summed E-state index contributed by atoms with van der Waals surface area (Å²) in [6.07, 6.45) is 0. The Bertz CT molecular complexity index is 633. The Kier molecular flexibility index (Phi) is 3.91. The lowest BCUT2D eigenvalue weighted by molar-refractivity contribution is 0.0697. The van der Waals surface area contributed by atoms with E-state index < -0.39 is 5.97 Å². The molecule has 2 aromatic carbocycles. The van der Waals surface area contributed by atoms with Crippen molar-refractivity contribution >= 4 is 17.6 Å². The van der Waals surface area contributed by atoms with Crippen LogP contribution in [0.3, 0.4) is 0 Å². The first-order chi connectivity index (χ1) is 9.59. The molecule has 0 unspecified atom stereocenters. The van der Waals surface area contributed by atoms with Gasteiger partial charge in [0.25, 0.3) is 0 Å². The number of carboxylic acids is 1. The van der Waals surface area contributed by atoms with Crippen LogP contribution in [0.2, 0.25) is 0 Å². The van der Waals surface area contributed by atoms with Crippen LogP contribution >= 0.6 is 0 Å². The molecule has 0 saturated heterocycles. The lowest BCUT2D eigenvalue weighted by Gasteiger charge is -1.91. The van der Waals surface area contributed by atoms with E-state index in [2.05, 4.69) is 5.32 Å². The third kappa shape index (κ3) is 2.89. The van der Waals surface area contributed by atoms with E-state index in [-0.39, 0.29) is 0 Å². The lowest BCUT2D eigenvalue weighted by Crippen LogP contribution is -2.19. The number of aromatic carboxylic acids is 1. The van der Waals surface area contributed by atoms with Gasteiger partial charge in [0.2, 0.25) is 0 Å². The monoisotopic (exact) mass is 267 g/mol. The minimum atomic E-state index is -0.879. The van der Waals surface area contributed by atoms with Crippen molar-refractivity contribution in [3.8, 4) is 0 Å². The Hall–Kier alpha value is -2.95. The Morgan fingerprint density at radius 2 is 1.30 bits per heavy atom. The molecule has 0 bridgehead atoms. The maximum Gasteiger partial charge on any atom is 0.335 e. The van der Waals surface area contributed by atoms with Crippen LogP contribution in [0, 0.1) is 10.8 Å². The van der Waals surface area contributed by atoms with Crippen LogP contribution < -0.4 is 5.32 Å². The summed E-state index contributed by atoms with van der Waals surface area (Å²) >= 11 is 0. The second-order valence-electron chi connectivity index (χ2n) is 4.09. The van der Waals surface area contributed by atoms with Crippen LogP contribution in [0.4, 0.5) is 0 Å². The highest BCUT2D eigenvalue weighted by atomic mass is 16.4. The van der Waals surface area contributed by atoms with E-state index in [0.29, 0.717) is 17.2 Å². The van der Waals surface area contributed by atoms with Crippen molar-refractivity contribution in [3.63, 3.8) is 0 Å². The van der Waals surface area contributed by atoms with E-state index >= 15 is 0 Å². The van der Waals surface area contributed by atoms with Gasteiger partial charge >= 0.3 is 5.97 Å². The maximum atomic E-state index is 10.2. The predicted molar refractivity (Wildman–Crippen MR) is 76.6 cm³/mol. The lowest BCUT2D eigenvalue weighted by atomic mass is 10.1. The van der Waals surface area contributed by atoms with Gasteiger partial charge in [-0.25, -0.2) is 4.79 Å². The van der Waals surface area contributed by atoms with Crippen molar-refractivity contribution < 1.29 is 9.90 Å². The van der Waals surface area contributed by atoms with Gasteiger partial charge in [-0.3, -0.25) is 10.8 Å². The number of carbonyl (C=O) groups is 1. The van der Waals surface area contributed by atoms with Gasteiger partial charge in [0, 0.05) is 11.1 Å². The number of hydrogen-bond donors (Lipinski definition) is 4. The molecule has 2 aromatic rings. The average molecular weight is 267 g/mol. The van der Waals surface area contributed by atoms with Gasteiger partial charge in [0.1, 0.15) is 11.7 Å². The molecule has 0 aliphatic carbocycles. The van der Waals surface area contributed by atoms with Gasteiger partial charge < -0.3 is 10.4 Å². The van der Waals surface area contributed by atoms with Gasteiger partial charge in [-0.05, 0) is 12.1 Å². The first-order valence-electron chi connectivity index (χ1n) is 5.92. The van der Waals surface area contributed by atoms with Crippen LogP contribution in [0.1, 0.15) is 21.5 Å². The molecule has 0 atom stereocenters. The summed E-state index contributed by atoms with van der Waals surface area (Å²) in [5, 5.41) is 25.9. The topological polar surface area (TPSA) is 97.0 Å². The summed E-state index contributed by atoms with van der Waals surface area (Å²) in [5.74, 6) is -0.230. The maximum absolute atomic E-state index is 10.2. The number of carboxylic acid groups (broad SMARTS) is 1. The Morgan fingerprint density at radius 3 is 1.70 bits per heavy atom. The minimum Gasteiger partial charge on any atom is -0.478 e. The van der Waals surface area contributed by atoms with Crippen LogP contribution in [0.15, 0.2) is 54.6 Å². The van der Waals surface area contributed by atoms with Gasteiger partial charge in [-0.15, -0.1) is 0 Å². The second kappa shape index (κ2) is 5.79. The molecule has 1 aliphatic rings. The minimum absolute atomic E-state index is 0.325. The van der Waals surface area contributed by atoms with E-state index in [1.165, 1.54) is 0 Å². The van der Waals surface area contributed by atoms with Crippen molar-refractivity contribution in [2.24, 2.45) is 0 Å². The smallest absolute Gasteiger partial charge is 0.335 e. The zero-order valence-electron chi connectivity index (χ0n) is 10.6.